The van der Waals surface area contributed by atoms with Crippen LogP contribution in [0.5, 0.6) is 0 Å². The third-order valence-electron chi connectivity index (χ3n) is 2.70. The Balaban J connectivity index is 3.07. The van der Waals surface area contributed by atoms with Crippen molar-refractivity contribution in [1.82, 2.24) is 4.31 Å². The normalized spacial score (nSPS) is 14.1. The maximum atomic E-state index is 12.7. The monoisotopic (exact) mass is 245 g/mol. The molecule has 3 nitrogen and oxygen atoms in total. The van der Waals surface area contributed by atoms with Gasteiger partial charge in [0.2, 0.25) is 10.0 Å². The highest BCUT2D eigenvalue weighted by atomic mass is 32.2. The topological polar surface area (TPSA) is 37.4 Å². The van der Waals surface area contributed by atoms with Gasteiger partial charge in [0.1, 0.15) is 5.82 Å². The molecule has 0 spiro atoms. The average molecular weight is 245 g/mol. The van der Waals surface area contributed by atoms with Crippen molar-refractivity contribution in [3.05, 3.63) is 30.1 Å². The number of hydrogen-bond donors (Lipinski definition) is 0. The second kappa shape index (κ2) is 4.93. The zero-order valence-corrected chi connectivity index (χ0v) is 10.5. The molecule has 16 heavy (non-hydrogen) atoms. The van der Waals surface area contributed by atoms with Crippen molar-refractivity contribution in [2.24, 2.45) is 0 Å². The van der Waals surface area contributed by atoms with Crippen molar-refractivity contribution in [3.8, 4) is 0 Å². The van der Waals surface area contributed by atoms with Crippen LogP contribution in [0.1, 0.15) is 20.3 Å². The van der Waals surface area contributed by atoms with Gasteiger partial charge in [0.05, 0.1) is 4.90 Å². The van der Waals surface area contributed by atoms with E-state index in [2.05, 4.69) is 0 Å². The van der Waals surface area contributed by atoms with Crippen molar-refractivity contribution in [2.75, 3.05) is 7.05 Å². The summed E-state index contributed by atoms with van der Waals surface area (Å²) >= 11 is 0. The van der Waals surface area contributed by atoms with Gasteiger partial charge in [0.25, 0.3) is 0 Å². The van der Waals surface area contributed by atoms with Gasteiger partial charge in [-0.05, 0) is 37.6 Å². The van der Waals surface area contributed by atoms with Gasteiger partial charge >= 0.3 is 0 Å². The molecule has 1 rings (SSSR count). The van der Waals surface area contributed by atoms with Crippen LogP contribution in [0.4, 0.5) is 4.39 Å². The van der Waals surface area contributed by atoms with Crippen LogP contribution in [0.15, 0.2) is 29.2 Å². The first-order valence-electron chi connectivity index (χ1n) is 5.13. The molecule has 5 heteroatoms. The third-order valence-corrected chi connectivity index (χ3v) is 4.69. The van der Waals surface area contributed by atoms with Crippen LogP contribution >= 0.6 is 0 Å². The summed E-state index contributed by atoms with van der Waals surface area (Å²) in [6, 6.07) is 4.79. The molecule has 1 unspecified atom stereocenters. The number of rotatable bonds is 4. The van der Waals surface area contributed by atoms with E-state index in [0.29, 0.717) is 0 Å². The predicted octanol–water partition coefficient (Wildman–Crippen LogP) is 2.24. The van der Waals surface area contributed by atoms with E-state index in [4.69, 9.17) is 0 Å². The van der Waals surface area contributed by atoms with Crippen LogP contribution < -0.4 is 0 Å². The first-order chi connectivity index (χ1) is 7.39. The van der Waals surface area contributed by atoms with Crippen LogP contribution in [0.25, 0.3) is 0 Å². The Bertz CT molecular complexity index is 442. The Morgan fingerprint density at radius 3 is 2.25 bits per heavy atom. The second-order valence-corrected chi connectivity index (χ2v) is 5.73. The Kier molecular flexibility index (Phi) is 4.04. The van der Waals surface area contributed by atoms with E-state index in [-0.39, 0.29) is 10.9 Å². The first kappa shape index (κ1) is 13.1. The van der Waals surface area contributed by atoms with E-state index < -0.39 is 15.8 Å². The molecule has 0 saturated carbocycles. The van der Waals surface area contributed by atoms with Crippen molar-refractivity contribution in [3.63, 3.8) is 0 Å². The minimum atomic E-state index is -3.50. The van der Waals surface area contributed by atoms with Gasteiger partial charge in [-0.25, -0.2) is 12.8 Å². The highest BCUT2D eigenvalue weighted by Gasteiger charge is 2.24. The van der Waals surface area contributed by atoms with E-state index >= 15 is 0 Å². The van der Waals surface area contributed by atoms with Crippen LogP contribution in [-0.4, -0.2) is 25.8 Å². The zero-order valence-electron chi connectivity index (χ0n) is 9.64. The fraction of sp³-hybridized carbons (Fsp3) is 0.455. The number of nitrogens with zero attached hydrogens (tertiary/aromatic N) is 1. The molecule has 0 N–H and O–H groups in total. The summed E-state index contributed by atoms with van der Waals surface area (Å²) < 4.78 is 38.1. The van der Waals surface area contributed by atoms with Gasteiger partial charge in [-0.3, -0.25) is 0 Å². The molecule has 90 valence electrons. The van der Waals surface area contributed by atoms with Crippen molar-refractivity contribution >= 4 is 10.0 Å². The zero-order chi connectivity index (χ0) is 12.3. The average Bonchev–Trinajstić information content (AvgIpc) is 2.27. The summed E-state index contributed by atoms with van der Waals surface area (Å²) in [7, 11) is -1.97. The maximum absolute atomic E-state index is 12.7. The number of benzene rings is 1. The summed E-state index contributed by atoms with van der Waals surface area (Å²) in [6.07, 6.45) is 0.733. The lowest BCUT2D eigenvalue weighted by molar-refractivity contribution is 0.380. The van der Waals surface area contributed by atoms with E-state index in [1.807, 2.05) is 13.8 Å². The first-order valence-corrected chi connectivity index (χ1v) is 6.57. The molecule has 1 aromatic carbocycles. The minimum Gasteiger partial charge on any atom is -0.207 e. The lowest BCUT2D eigenvalue weighted by Gasteiger charge is -2.23. The largest absolute Gasteiger partial charge is 0.243 e. The summed E-state index contributed by atoms with van der Waals surface area (Å²) in [5, 5.41) is 0. The number of halogens is 1. The Morgan fingerprint density at radius 2 is 1.81 bits per heavy atom. The minimum absolute atomic E-state index is 0.0740. The van der Waals surface area contributed by atoms with Crippen LogP contribution in [-0.2, 0) is 10.0 Å². The van der Waals surface area contributed by atoms with Crippen LogP contribution in [0.2, 0.25) is 0 Å². The molecule has 0 aliphatic carbocycles. The van der Waals surface area contributed by atoms with E-state index in [9.17, 15) is 12.8 Å². The SMILES string of the molecule is CCC(C)N(C)S(=O)(=O)c1ccc(F)cc1. The van der Waals surface area contributed by atoms with Crippen molar-refractivity contribution in [1.29, 1.82) is 0 Å². The second-order valence-electron chi connectivity index (χ2n) is 3.73. The molecule has 0 amide bonds. The maximum Gasteiger partial charge on any atom is 0.243 e. The van der Waals surface area contributed by atoms with Gasteiger partial charge < -0.3 is 0 Å². The summed E-state index contributed by atoms with van der Waals surface area (Å²) in [5.74, 6) is -0.440. The molecular formula is C11H16FNO2S. The molecular weight excluding hydrogens is 229 g/mol. The fourth-order valence-corrected chi connectivity index (χ4v) is 2.70. The van der Waals surface area contributed by atoms with E-state index in [1.54, 1.807) is 0 Å². The molecule has 0 aromatic heterocycles. The smallest absolute Gasteiger partial charge is 0.207 e. The van der Waals surface area contributed by atoms with Gasteiger partial charge in [0, 0.05) is 13.1 Å². The number of sulfonamides is 1. The molecule has 0 bridgehead atoms. The number of hydrogen-bond acceptors (Lipinski definition) is 2. The Morgan fingerprint density at radius 1 is 1.31 bits per heavy atom. The standard InChI is InChI=1S/C11H16FNO2S/c1-4-9(2)13(3)16(14,15)11-7-5-10(12)6-8-11/h5-9H,4H2,1-3H3. The van der Waals surface area contributed by atoms with Crippen molar-refractivity contribution < 1.29 is 12.8 Å². The molecule has 1 atom stereocenters. The third kappa shape index (κ3) is 2.59. The highest BCUT2D eigenvalue weighted by molar-refractivity contribution is 7.89. The summed E-state index contributed by atoms with van der Waals surface area (Å²) in [4.78, 5) is 0.122. The van der Waals surface area contributed by atoms with Crippen LogP contribution in [0, 0.1) is 5.82 Å². The van der Waals surface area contributed by atoms with Gasteiger partial charge in [-0.1, -0.05) is 6.92 Å². The lowest BCUT2D eigenvalue weighted by atomic mass is 10.3. The van der Waals surface area contributed by atoms with Crippen LogP contribution in [0.3, 0.4) is 0 Å². The molecule has 1 aromatic rings. The van der Waals surface area contributed by atoms with Crippen molar-refractivity contribution in [2.45, 2.75) is 31.2 Å². The lowest BCUT2D eigenvalue weighted by Crippen LogP contribution is -2.34. The molecule has 0 heterocycles. The van der Waals surface area contributed by atoms with Gasteiger partial charge in [0.15, 0.2) is 0 Å². The van der Waals surface area contributed by atoms with Gasteiger partial charge in [-0.15, -0.1) is 0 Å². The summed E-state index contributed by atoms with van der Waals surface area (Å²) in [5.41, 5.74) is 0. The molecule has 0 aliphatic rings. The molecule has 0 radical (unpaired) electrons. The predicted molar refractivity (Wildman–Crippen MR) is 61.1 cm³/mol. The fourth-order valence-electron chi connectivity index (χ4n) is 1.27. The van der Waals surface area contributed by atoms with E-state index in [1.165, 1.54) is 23.5 Å². The Labute approximate surface area is 95.9 Å². The van der Waals surface area contributed by atoms with E-state index in [0.717, 1.165) is 18.6 Å². The molecule has 0 aliphatic heterocycles. The van der Waals surface area contributed by atoms with Gasteiger partial charge in [-0.2, -0.15) is 4.31 Å². The highest BCUT2D eigenvalue weighted by Crippen LogP contribution is 2.17. The quantitative estimate of drug-likeness (QED) is 0.816. The molecule has 0 saturated heterocycles. The summed E-state index contributed by atoms with van der Waals surface area (Å²) in [6.45, 7) is 3.75. The Hall–Kier alpha value is -0.940. The molecule has 0 fully saturated rings.